The molecule has 0 aliphatic heterocycles. The van der Waals surface area contributed by atoms with E-state index in [-0.39, 0.29) is 34.7 Å². The minimum absolute atomic E-state index is 0. The Kier molecular flexibility index (Phi) is 9.31. The molecule has 0 atom stereocenters. The van der Waals surface area contributed by atoms with Gasteiger partial charge in [0, 0.05) is 0 Å². The Morgan fingerprint density at radius 3 is 2.29 bits per heavy atom. The van der Waals surface area contributed by atoms with Crippen LogP contribution in [0.3, 0.4) is 0 Å². The van der Waals surface area contributed by atoms with Crippen LogP contribution < -0.4 is 5.32 Å². The van der Waals surface area contributed by atoms with Crippen LogP contribution in [-0.2, 0) is 0 Å². The Labute approximate surface area is 69.3 Å². The normalized spacial score (nSPS) is 5.14. The zero-order valence-electron chi connectivity index (χ0n) is 2.89. The van der Waals surface area contributed by atoms with Gasteiger partial charge in [-0.3, -0.25) is 10.7 Å². The molecule has 0 fully saturated rings. The third-order valence-corrected chi connectivity index (χ3v) is 0.286. The number of nitrogens with one attached hydrogen (secondary N) is 2. The van der Waals surface area contributed by atoms with Gasteiger partial charge in [0.2, 0.25) is 0 Å². The first-order valence-corrected chi connectivity index (χ1v) is 1.64. The van der Waals surface area contributed by atoms with Crippen LogP contribution in [0.25, 0.3) is 0 Å². The molecule has 0 bridgehead atoms. The number of nitrogens with zero attached hydrogens (tertiary/aromatic N) is 1. The Morgan fingerprint density at radius 2 is 2.29 bits per heavy atom. The maximum absolute atomic E-state index is 7.69. The van der Waals surface area contributed by atoms with Gasteiger partial charge in [0.15, 0.2) is 11.4 Å². The summed E-state index contributed by atoms with van der Waals surface area (Å²) in [5.41, 5.74) is 0. The molecule has 5 heteroatoms. The van der Waals surface area contributed by atoms with E-state index in [0.717, 1.165) is 0 Å². The van der Waals surface area contributed by atoms with Crippen LogP contribution in [0.4, 0.5) is 0 Å². The Hall–Kier alpha value is 0.310. The van der Waals surface area contributed by atoms with Gasteiger partial charge in [0.25, 0.3) is 0 Å². The van der Waals surface area contributed by atoms with E-state index < -0.39 is 0 Å². The first-order chi connectivity index (χ1) is 2.77. The summed E-state index contributed by atoms with van der Waals surface area (Å²) in [7, 11) is 0. The molecular weight excluding hydrogens is 121 g/mol. The second kappa shape index (κ2) is 6.31. The molecule has 0 rings (SSSR count). The van der Waals surface area contributed by atoms with Crippen molar-refractivity contribution in [2.75, 3.05) is 0 Å². The molecule has 3 nitrogen and oxygen atoms in total. The summed E-state index contributed by atoms with van der Waals surface area (Å²) in [4.78, 5) is 0. The van der Waals surface area contributed by atoms with Crippen molar-refractivity contribution in [2.24, 2.45) is 0 Å². The molecule has 0 aliphatic rings. The second-order valence-corrected chi connectivity index (χ2v) is 1.03. The van der Waals surface area contributed by atoms with E-state index in [2.05, 4.69) is 12.6 Å². The molecule has 34 valence electrons. The molecule has 0 saturated carbocycles. The Balaban J connectivity index is 0. The minimum atomic E-state index is -0.127. The summed E-state index contributed by atoms with van der Waals surface area (Å²) in [5.74, 6) is 0. The first kappa shape index (κ1) is 10.3. The Bertz CT molecular complexity index is 95.6. The monoisotopic (exact) mass is 125 g/mol. The number of rotatable bonds is 0. The predicted octanol–water partition coefficient (Wildman–Crippen LogP) is -0.727. The number of hydrogen-bond acceptors (Lipinski definition) is 2. The quantitative estimate of drug-likeness (QED) is 0.0998. The van der Waals surface area contributed by atoms with Crippen LogP contribution in [0.2, 0.25) is 0 Å². The van der Waals surface area contributed by atoms with Crippen molar-refractivity contribution in [1.29, 1.82) is 10.7 Å². The first-order valence-electron chi connectivity index (χ1n) is 1.20. The van der Waals surface area contributed by atoms with Crippen LogP contribution in [0, 0.1) is 16.9 Å². The molecule has 0 amide bonds. The average Bonchev–Trinajstić information content (AvgIpc) is 1.35. The molecule has 7 heavy (non-hydrogen) atoms. The van der Waals surface area contributed by atoms with Crippen molar-refractivity contribution >= 4 is 47.4 Å². The molecule has 2 N–H and O–H groups in total. The van der Waals surface area contributed by atoms with E-state index in [1.807, 2.05) is 5.32 Å². The average molecular weight is 125 g/mol. The molecule has 0 aromatic heterocycles. The third kappa shape index (κ3) is 10.7. The van der Waals surface area contributed by atoms with Gasteiger partial charge in [-0.05, 0) is 0 Å². The van der Waals surface area contributed by atoms with E-state index in [1.54, 1.807) is 0 Å². The number of amidine groups is 1. The molecule has 0 heterocycles. The van der Waals surface area contributed by atoms with E-state index in [1.165, 1.54) is 6.19 Å². The molecular formula is C2H4N3NaS. The van der Waals surface area contributed by atoms with Gasteiger partial charge < -0.3 is 0 Å². The van der Waals surface area contributed by atoms with Crippen LogP contribution >= 0.6 is 12.6 Å². The number of thiol groups is 1. The molecule has 0 saturated heterocycles. The molecule has 0 aromatic carbocycles. The third-order valence-electron chi connectivity index (χ3n) is 0.174. The van der Waals surface area contributed by atoms with E-state index in [0.29, 0.717) is 0 Å². The molecule has 0 radical (unpaired) electrons. The second-order valence-electron chi connectivity index (χ2n) is 0.585. The van der Waals surface area contributed by atoms with Crippen molar-refractivity contribution in [1.82, 2.24) is 5.32 Å². The SMILES string of the molecule is N#CNC(=N)S.[NaH]. The maximum atomic E-state index is 7.69. The van der Waals surface area contributed by atoms with Crippen LogP contribution in [0.15, 0.2) is 0 Å². The van der Waals surface area contributed by atoms with Gasteiger partial charge >= 0.3 is 29.6 Å². The van der Waals surface area contributed by atoms with Crippen LogP contribution in [0.1, 0.15) is 0 Å². The molecule has 0 unspecified atom stereocenters. The van der Waals surface area contributed by atoms with E-state index in [4.69, 9.17) is 10.7 Å². The summed E-state index contributed by atoms with van der Waals surface area (Å²) in [5, 5.41) is 15.9. The fourth-order valence-corrected chi connectivity index (χ4v) is 0.103. The van der Waals surface area contributed by atoms with Crippen molar-refractivity contribution in [3.63, 3.8) is 0 Å². The molecule has 0 aromatic rings. The van der Waals surface area contributed by atoms with Gasteiger partial charge in [-0.15, -0.1) is 12.6 Å². The standard InChI is InChI=1S/C2H3N3S.Na.H/c3-1-5-2(4)6;;/h(H3,4,5,6);;. The van der Waals surface area contributed by atoms with Crippen molar-refractivity contribution < 1.29 is 0 Å². The fraction of sp³-hybridized carbons (Fsp3) is 0. The number of hydrogen-bond donors (Lipinski definition) is 3. The zero-order valence-corrected chi connectivity index (χ0v) is 3.79. The van der Waals surface area contributed by atoms with Crippen molar-refractivity contribution in [3.8, 4) is 6.19 Å². The fourth-order valence-electron chi connectivity index (χ4n) is 0.0530. The van der Waals surface area contributed by atoms with Crippen LogP contribution in [-0.4, -0.2) is 34.7 Å². The van der Waals surface area contributed by atoms with Gasteiger partial charge in [0.05, 0.1) is 0 Å². The van der Waals surface area contributed by atoms with E-state index >= 15 is 0 Å². The van der Waals surface area contributed by atoms with Gasteiger partial charge in [-0.1, -0.05) is 0 Å². The topological polar surface area (TPSA) is 59.7 Å². The molecule has 0 aliphatic carbocycles. The van der Waals surface area contributed by atoms with Crippen LogP contribution in [0.5, 0.6) is 0 Å². The predicted molar refractivity (Wildman–Crippen MR) is 32.6 cm³/mol. The summed E-state index contributed by atoms with van der Waals surface area (Å²) >= 11 is 3.43. The zero-order chi connectivity index (χ0) is 4.99. The van der Waals surface area contributed by atoms with E-state index in [9.17, 15) is 0 Å². The van der Waals surface area contributed by atoms with Gasteiger partial charge in [0.1, 0.15) is 0 Å². The van der Waals surface area contributed by atoms with Crippen molar-refractivity contribution in [2.45, 2.75) is 0 Å². The van der Waals surface area contributed by atoms with Gasteiger partial charge in [-0.2, -0.15) is 5.26 Å². The number of nitriles is 1. The van der Waals surface area contributed by atoms with Gasteiger partial charge in [-0.25, -0.2) is 0 Å². The Morgan fingerprint density at radius 1 is 1.86 bits per heavy atom. The summed E-state index contributed by atoms with van der Waals surface area (Å²) in [6.45, 7) is 0. The summed E-state index contributed by atoms with van der Waals surface area (Å²) < 4.78 is 0. The summed E-state index contributed by atoms with van der Waals surface area (Å²) in [6.07, 6.45) is 1.52. The molecule has 0 spiro atoms. The van der Waals surface area contributed by atoms with Crippen molar-refractivity contribution in [3.05, 3.63) is 0 Å². The summed E-state index contributed by atoms with van der Waals surface area (Å²) in [6, 6.07) is 0.